The van der Waals surface area contributed by atoms with Gasteiger partial charge in [-0.1, -0.05) is 46.9 Å². The van der Waals surface area contributed by atoms with Gasteiger partial charge in [0.1, 0.15) is 0 Å². The van der Waals surface area contributed by atoms with Crippen LogP contribution in [-0.4, -0.2) is 9.97 Å². The van der Waals surface area contributed by atoms with Gasteiger partial charge in [-0.3, -0.25) is 0 Å². The topological polar surface area (TPSA) is 31.6 Å². The first-order valence-corrected chi connectivity index (χ1v) is 10.0. The molecule has 0 fully saturated rings. The molecule has 5 heteroatoms. The number of nitrogens with one attached hydrogen (secondary N) is 2. The third-order valence-electron chi connectivity index (χ3n) is 5.18. The largest absolute Gasteiger partial charge is 0.361 e. The van der Waals surface area contributed by atoms with Gasteiger partial charge in [0.05, 0.1) is 0 Å². The van der Waals surface area contributed by atoms with Gasteiger partial charge in [0.15, 0.2) is 0 Å². The summed E-state index contributed by atoms with van der Waals surface area (Å²) >= 11 is 18.8. The average molecular weight is 426 g/mol. The van der Waals surface area contributed by atoms with Gasteiger partial charge in [-0.05, 0) is 65.2 Å². The highest BCUT2D eigenvalue weighted by Crippen LogP contribution is 2.40. The number of H-pyrrole nitrogens is 2. The molecule has 138 valence electrons. The molecule has 2 N–H and O–H groups in total. The highest BCUT2D eigenvalue weighted by molar-refractivity contribution is 6.32. The van der Waals surface area contributed by atoms with Crippen molar-refractivity contribution in [1.82, 2.24) is 9.97 Å². The maximum Gasteiger partial charge on any atom is 0.0458 e. The molecule has 2 nitrogen and oxygen atoms in total. The summed E-state index contributed by atoms with van der Waals surface area (Å²) in [5, 5.41) is 4.34. The quantitative estimate of drug-likeness (QED) is 0.295. The minimum Gasteiger partial charge on any atom is -0.361 e. The smallest absolute Gasteiger partial charge is 0.0458 e. The minimum atomic E-state index is -0.00306. The fourth-order valence-corrected chi connectivity index (χ4v) is 4.36. The summed E-state index contributed by atoms with van der Waals surface area (Å²) in [5.74, 6) is -0.00306. The summed E-state index contributed by atoms with van der Waals surface area (Å²) in [6.45, 7) is 0. The Kier molecular flexibility index (Phi) is 4.36. The molecule has 0 saturated carbocycles. The third kappa shape index (κ3) is 2.98. The van der Waals surface area contributed by atoms with Gasteiger partial charge in [-0.2, -0.15) is 0 Å². The molecular formula is C23H15Cl3N2. The van der Waals surface area contributed by atoms with E-state index in [1.165, 1.54) is 0 Å². The van der Waals surface area contributed by atoms with Crippen LogP contribution >= 0.6 is 34.8 Å². The number of aromatic amines is 2. The van der Waals surface area contributed by atoms with Crippen molar-refractivity contribution in [2.75, 3.05) is 0 Å². The van der Waals surface area contributed by atoms with Crippen molar-refractivity contribution >= 4 is 56.6 Å². The van der Waals surface area contributed by atoms with Crippen LogP contribution in [0, 0.1) is 0 Å². The molecule has 0 spiro atoms. The zero-order valence-electron chi connectivity index (χ0n) is 14.6. The van der Waals surface area contributed by atoms with Crippen molar-refractivity contribution in [3.05, 3.63) is 105 Å². The Morgan fingerprint density at radius 1 is 0.571 bits per heavy atom. The highest BCUT2D eigenvalue weighted by Gasteiger charge is 2.23. The monoisotopic (exact) mass is 424 g/mol. The summed E-state index contributed by atoms with van der Waals surface area (Å²) < 4.78 is 0. The second-order valence-corrected chi connectivity index (χ2v) is 8.16. The van der Waals surface area contributed by atoms with Gasteiger partial charge in [0.25, 0.3) is 0 Å². The second kappa shape index (κ2) is 6.89. The molecule has 0 radical (unpaired) electrons. The molecule has 0 atom stereocenters. The van der Waals surface area contributed by atoms with Crippen LogP contribution in [0.25, 0.3) is 21.8 Å². The lowest BCUT2D eigenvalue weighted by Crippen LogP contribution is -2.02. The van der Waals surface area contributed by atoms with Crippen molar-refractivity contribution in [2.45, 2.75) is 5.92 Å². The molecule has 0 aliphatic heterocycles. The molecule has 3 aromatic carbocycles. The lowest BCUT2D eigenvalue weighted by atomic mass is 9.85. The molecule has 2 aromatic heterocycles. The van der Waals surface area contributed by atoms with Gasteiger partial charge >= 0.3 is 0 Å². The van der Waals surface area contributed by atoms with Crippen molar-refractivity contribution in [3.63, 3.8) is 0 Å². The summed E-state index contributed by atoms with van der Waals surface area (Å²) in [6.07, 6.45) is 4.12. The molecule has 0 unspecified atom stereocenters. The van der Waals surface area contributed by atoms with Gasteiger partial charge in [0, 0.05) is 55.2 Å². The molecular weight excluding hydrogens is 411 g/mol. The molecule has 28 heavy (non-hydrogen) atoms. The van der Waals surface area contributed by atoms with Crippen molar-refractivity contribution in [3.8, 4) is 0 Å². The van der Waals surface area contributed by atoms with E-state index in [-0.39, 0.29) is 5.92 Å². The lowest BCUT2D eigenvalue weighted by molar-refractivity contribution is 0.998. The first-order valence-electron chi connectivity index (χ1n) is 8.89. The Labute approximate surface area is 177 Å². The Morgan fingerprint density at radius 3 is 1.54 bits per heavy atom. The van der Waals surface area contributed by atoms with Crippen LogP contribution in [-0.2, 0) is 0 Å². The predicted octanol–water partition coefficient (Wildman–Crippen LogP) is 7.79. The van der Waals surface area contributed by atoms with Crippen LogP contribution < -0.4 is 0 Å². The fourth-order valence-electron chi connectivity index (χ4n) is 3.89. The van der Waals surface area contributed by atoms with Crippen molar-refractivity contribution in [1.29, 1.82) is 0 Å². The van der Waals surface area contributed by atoms with E-state index in [0.29, 0.717) is 15.1 Å². The first-order chi connectivity index (χ1) is 13.6. The number of hydrogen-bond acceptors (Lipinski definition) is 0. The van der Waals surface area contributed by atoms with E-state index in [1.807, 2.05) is 48.5 Å². The molecule has 0 saturated heterocycles. The maximum absolute atomic E-state index is 6.30. The Balaban J connectivity index is 1.81. The number of benzene rings is 3. The summed E-state index contributed by atoms with van der Waals surface area (Å²) in [6, 6.07) is 19.8. The molecule has 2 heterocycles. The Hall–Kier alpha value is -2.39. The van der Waals surface area contributed by atoms with Crippen LogP contribution in [0.5, 0.6) is 0 Å². The minimum absolute atomic E-state index is 0.00306. The van der Waals surface area contributed by atoms with Crippen molar-refractivity contribution in [2.24, 2.45) is 0 Å². The van der Waals surface area contributed by atoms with Gasteiger partial charge in [-0.15, -0.1) is 0 Å². The Bertz CT molecular complexity index is 1220. The maximum atomic E-state index is 6.30. The number of aromatic nitrogens is 2. The summed E-state index contributed by atoms with van der Waals surface area (Å²) in [5.41, 5.74) is 5.56. The summed E-state index contributed by atoms with van der Waals surface area (Å²) in [7, 11) is 0. The Morgan fingerprint density at radius 2 is 1.04 bits per heavy atom. The van der Waals surface area contributed by atoms with E-state index in [4.69, 9.17) is 34.8 Å². The van der Waals surface area contributed by atoms with Crippen LogP contribution in [0.3, 0.4) is 0 Å². The van der Waals surface area contributed by atoms with E-state index < -0.39 is 0 Å². The molecule has 0 bridgehead atoms. The molecule has 5 aromatic rings. The second-order valence-electron chi connectivity index (χ2n) is 6.85. The highest BCUT2D eigenvalue weighted by atomic mass is 35.5. The van der Waals surface area contributed by atoms with Gasteiger partial charge < -0.3 is 9.97 Å². The first kappa shape index (κ1) is 17.7. The number of fused-ring (bicyclic) bond motifs is 2. The predicted molar refractivity (Wildman–Crippen MR) is 119 cm³/mol. The zero-order chi connectivity index (χ0) is 19.3. The summed E-state index contributed by atoms with van der Waals surface area (Å²) in [4.78, 5) is 6.75. The average Bonchev–Trinajstić information content (AvgIpc) is 3.28. The SMILES string of the molecule is Clc1ccc(C(c2c[nH]c3ccc(Cl)cc23)c2c[nH]c3ccc(Cl)cc23)cc1. The normalized spacial score (nSPS) is 11.7. The molecule has 0 aliphatic rings. The van der Waals surface area contributed by atoms with Crippen molar-refractivity contribution < 1.29 is 0 Å². The van der Waals surface area contributed by atoms with E-state index in [1.54, 1.807) is 0 Å². The standard InChI is InChI=1S/C23H15Cl3N2/c24-14-3-1-13(2-4-14)23(19-11-27-21-7-5-15(25)9-17(19)21)20-12-28-22-8-6-16(26)10-18(20)22/h1-12,23,27-28H. The fraction of sp³-hybridized carbons (Fsp3) is 0.0435. The van der Waals surface area contributed by atoms with Crippen LogP contribution in [0.2, 0.25) is 15.1 Å². The molecule has 0 aliphatic carbocycles. The lowest BCUT2D eigenvalue weighted by Gasteiger charge is -2.17. The number of hydrogen-bond donors (Lipinski definition) is 2. The van der Waals surface area contributed by atoms with E-state index in [0.717, 1.165) is 38.5 Å². The molecule has 5 rings (SSSR count). The molecule has 0 amide bonds. The number of halogens is 3. The van der Waals surface area contributed by atoms with Gasteiger partial charge in [0.2, 0.25) is 0 Å². The van der Waals surface area contributed by atoms with E-state index in [2.05, 4.69) is 34.5 Å². The van der Waals surface area contributed by atoms with E-state index >= 15 is 0 Å². The van der Waals surface area contributed by atoms with E-state index in [9.17, 15) is 0 Å². The number of rotatable bonds is 3. The zero-order valence-corrected chi connectivity index (χ0v) is 16.9. The van der Waals surface area contributed by atoms with Crippen LogP contribution in [0.1, 0.15) is 22.6 Å². The van der Waals surface area contributed by atoms with Crippen LogP contribution in [0.15, 0.2) is 73.1 Å². The van der Waals surface area contributed by atoms with Crippen LogP contribution in [0.4, 0.5) is 0 Å². The third-order valence-corrected chi connectivity index (χ3v) is 5.90. The van der Waals surface area contributed by atoms with Gasteiger partial charge in [-0.25, -0.2) is 0 Å².